The maximum absolute atomic E-state index is 5.15. The predicted octanol–water partition coefficient (Wildman–Crippen LogP) is 6.09. The summed E-state index contributed by atoms with van der Waals surface area (Å²) in [6, 6.07) is 41.3. The number of H-pyrrole nitrogens is 1. The van der Waals surface area contributed by atoms with E-state index in [0.29, 0.717) is 5.49 Å². The summed E-state index contributed by atoms with van der Waals surface area (Å²) in [4.78, 5) is 18.0. The minimum absolute atomic E-state index is 0.0706. The van der Waals surface area contributed by atoms with Crippen LogP contribution in [0.15, 0.2) is 139 Å². The lowest BCUT2D eigenvalue weighted by molar-refractivity contribution is 0.672. The second-order valence-corrected chi connectivity index (χ2v) is 8.65. The molecule has 2 heterocycles. The summed E-state index contributed by atoms with van der Waals surface area (Å²) in [5.41, 5.74) is 6.80. The molecule has 5 nitrogen and oxygen atoms in total. The summed E-state index contributed by atoms with van der Waals surface area (Å²) in [6.07, 6.45) is 3.58. The zero-order valence-corrected chi connectivity index (χ0v) is 19.6. The smallest absolute Gasteiger partial charge is 0.177 e. The van der Waals surface area contributed by atoms with Gasteiger partial charge >= 0.3 is 0 Å². The maximum atomic E-state index is 5.15. The second kappa shape index (κ2) is 9.84. The molecule has 0 spiro atoms. The van der Waals surface area contributed by atoms with Crippen molar-refractivity contribution in [3.63, 3.8) is 0 Å². The highest BCUT2D eigenvalue weighted by molar-refractivity contribution is 5.69. The van der Waals surface area contributed by atoms with Crippen LogP contribution in [0.4, 0.5) is 0 Å². The van der Waals surface area contributed by atoms with E-state index in [1.165, 1.54) is 0 Å². The normalized spacial score (nSPS) is 12.0. The van der Waals surface area contributed by atoms with Gasteiger partial charge in [-0.15, -0.1) is 0 Å². The lowest BCUT2D eigenvalue weighted by atomic mass is 9.98. The molecule has 0 atom stereocenters. The van der Waals surface area contributed by atoms with Crippen LogP contribution in [-0.2, 0) is 0 Å². The highest BCUT2D eigenvalue weighted by Gasteiger charge is 2.20. The first kappa shape index (κ1) is 21.7. The minimum Gasteiger partial charge on any atom is -0.340 e. The van der Waals surface area contributed by atoms with E-state index >= 15 is 0 Å². The van der Waals surface area contributed by atoms with Crippen LogP contribution in [0.25, 0.3) is 11.2 Å². The van der Waals surface area contributed by atoms with Crippen molar-refractivity contribution < 1.29 is 0 Å². The number of nitrogens with one attached hydrogen (secondary N) is 1. The predicted molar refractivity (Wildman–Crippen MR) is 142 cm³/mol. The average molecular weight is 468 g/mol. The number of imidazole rings is 1. The SMILES string of the molecule is c1ccc(C(N=c2ncn(C(c3ccccc3)c3ccccc3)c3nc[nH]c23)c2ccccc2)cc1. The first-order chi connectivity index (χ1) is 17.9. The van der Waals surface area contributed by atoms with Crippen LogP contribution < -0.4 is 5.49 Å². The highest BCUT2D eigenvalue weighted by atomic mass is 15.1. The highest BCUT2D eigenvalue weighted by Crippen LogP contribution is 2.29. The summed E-state index contributed by atoms with van der Waals surface area (Å²) in [7, 11) is 0. The van der Waals surface area contributed by atoms with Gasteiger partial charge < -0.3 is 9.55 Å². The molecule has 2 aromatic heterocycles. The van der Waals surface area contributed by atoms with Crippen molar-refractivity contribution in [2.75, 3.05) is 0 Å². The molecular weight excluding hydrogens is 442 g/mol. The van der Waals surface area contributed by atoms with Gasteiger partial charge in [-0.3, -0.25) is 4.99 Å². The summed E-state index contributed by atoms with van der Waals surface area (Å²) in [5, 5.41) is 0. The van der Waals surface area contributed by atoms with E-state index in [9.17, 15) is 0 Å². The fraction of sp³-hybridized carbons (Fsp3) is 0.0645. The van der Waals surface area contributed by atoms with Gasteiger partial charge in [0.1, 0.15) is 11.6 Å². The van der Waals surface area contributed by atoms with E-state index in [0.717, 1.165) is 33.4 Å². The number of aromatic nitrogens is 4. The molecule has 5 heteroatoms. The molecule has 36 heavy (non-hydrogen) atoms. The van der Waals surface area contributed by atoms with Crippen LogP contribution in [0.1, 0.15) is 34.3 Å². The van der Waals surface area contributed by atoms with E-state index in [-0.39, 0.29) is 12.1 Å². The molecule has 0 saturated carbocycles. The number of fused-ring (bicyclic) bond motifs is 1. The van der Waals surface area contributed by atoms with Gasteiger partial charge in [-0.25, -0.2) is 9.97 Å². The van der Waals surface area contributed by atoms with Crippen LogP contribution in [0.5, 0.6) is 0 Å². The molecule has 0 unspecified atom stereocenters. The number of hydrogen-bond acceptors (Lipinski definition) is 3. The topological polar surface area (TPSA) is 58.9 Å². The fourth-order valence-electron chi connectivity index (χ4n) is 4.69. The molecule has 0 bridgehead atoms. The van der Waals surface area contributed by atoms with Crippen LogP contribution in [0, 0.1) is 0 Å². The Hall–Kier alpha value is -4.77. The van der Waals surface area contributed by atoms with Gasteiger partial charge in [0.25, 0.3) is 0 Å². The van der Waals surface area contributed by atoms with Crippen LogP contribution in [0.2, 0.25) is 0 Å². The number of nitrogens with zero attached hydrogens (tertiary/aromatic N) is 4. The molecule has 0 aliphatic rings. The Morgan fingerprint density at radius 3 is 1.56 bits per heavy atom. The van der Waals surface area contributed by atoms with Gasteiger partial charge in [-0.2, -0.15) is 0 Å². The zero-order chi connectivity index (χ0) is 24.2. The van der Waals surface area contributed by atoms with E-state index in [4.69, 9.17) is 15.0 Å². The third-order valence-corrected chi connectivity index (χ3v) is 6.38. The molecular formula is C31H25N5. The Kier molecular flexibility index (Phi) is 5.94. The number of hydrogen-bond donors (Lipinski definition) is 1. The second-order valence-electron chi connectivity index (χ2n) is 8.65. The Bertz CT molecular complexity index is 1540. The number of rotatable bonds is 6. The summed E-state index contributed by atoms with van der Waals surface area (Å²) >= 11 is 0. The molecule has 0 fully saturated rings. The zero-order valence-electron chi connectivity index (χ0n) is 19.6. The van der Waals surface area contributed by atoms with E-state index < -0.39 is 0 Å². The molecule has 6 rings (SSSR count). The molecule has 1 N–H and O–H groups in total. The van der Waals surface area contributed by atoms with Crippen molar-refractivity contribution in [1.29, 1.82) is 0 Å². The van der Waals surface area contributed by atoms with Crippen LogP contribution in [0.3, 0.4) is 0 Å². The van der Waals surface area contributed by atoms with Gasteiger partial charge in [-0.05, 0) is 22.3 Å². The van der Waals surface area contributed by atoms with E-state index in [1.807, 2.05) is 54.9 Å². The standard InChI is InChI=1S/C31H25N5/c1-5-13-23(14-6-1)27(24-15-7-2-8-16-24)35-30-28-31(33-21-32-28)36(22-34-30)29(25-17-9-3-10-18-25)26-19-11-4-12-20-26/h1-22,27,29H,(H,32,33). The van der Waals surface area contributed by atoms with Crippen LogP contribution >= 0.6 is 0 Å². The Morgan fingerprint density at radius 2 is 1.06 bits per heavy atom. The maximum Gasteiger partial charge on any atom is 0.177 e. The number of benzene rings is 4. The summed E-state index contributed by atoms with van der Waals surface area (Å²) < 4.78 is 2.12. The fourth-order valence-corrected chi connectivity index (χ4v) is 4.69. The monoisotopic (exact) mass is 467 g/mol. The van der Waals surface area contributed by atoms with E-state index in [2.05, 4.69) is 82.3 Å². The largest absolute Gasteiger partial charge is 0.340 e. The van der Waals surface area contributed by atoms with Crippen molar-refractivity contribution in [2.24, 2.45) is 4.99 Å². The first-order valence-electron chi connectivity index (χ1n) is 12.0. The molecule has 0 aliphatic carbocycles. The molecule has 174 valence electrons. The quantitative estimate of drug-likeness (QED) is 0.322. The molecule has 0 amide bonds. The Balaban J connectivity index is 1.54. The van der Waals surface area contributed by atoms with Gasteiger partial charge in [0.15, 0.2) is 11.1 Å². The van der Waals surface area contributed by atoms with E-state index in [1.54, 1.807) is 6.33 Å². The van der Waals surface area contributed by atoms with Crippen molar-refractivity contribution >= 4 is 11.2 Å². The van der Waals surface area contributed by atoms with Gasteiger partial charge in [0, 0.05) is 0 Å². The number of aromatic amines is 1. The summed E-state index contributed by atoms with van der Waals surface area (Å²) in [5.74, 6) is 0. The molecule has 4 aromatic carbocycles. The minimum atomic E-state index is -0.179. The molecule has 0 aliphatic heterocycles. The molecule has 6 aromatic rings. The van der Waals surface area contributed by atoms with Gasteiger partial charge in [0.2, 0.25) is 0 Å². The van der Waals surface area contributed by atoms with Gasteiger partial charge in [0.05, 0.1) is 18.7 Å². The van der Waals surface area contributed by atoms with Crippen molar-refractivity contribution in [1.82, 2.24) is 19.5 Å². The lowest BCUT2D eigenvalue weighted by Crippen LogP contribution is -2.20. The Morgan fingerprint density at radius 1 is 0.583 bits per heavy atom. The van der Waals surface area contributed by atoms with Crippen LogP contribution in [-0.4, -0.2) is 19.5 Å². The van der Waals surface area contributed by atoms with Crippen molar-refractivity contribution in [3.05, 3.63) is 162 Å². The first-order valence-corrected chi connectivity index (χ1v) is 12.0. The van der Waals surface area contributed by atoms with Crippen molar-refractivity contribution in [2.45, 2.75) is 12.1 Å². The lowest BCUT2D eigenvalue weighted by Gasteiger charge is -2.22. The third kappa shape index (κ3) is 4.23. The average Bonchev–Trinajstić information content (AvgIpc) is 3.46. The third-order valence-electron chi connectivity index (χ3n) is 6.38. The van der Waals surface area contributed by atoms with Crippen molar-refractivity contribution in [3.8, 4) is 0 Å². The summed E-state index contributed by atoms with van der Waals surface area (Å²) in [6.45, 7) is 0. The molecule has 0 saturated heterocycles. The Labute approximate surface area is 209 Å². The van der Waals surface area contributed by atoms with Gasteiger partial charge in [-0.1, -0.05) is 121 Å². The molecule has 0 radical (unpaired) electrons.